The second-order valence-electron chi connectivity index (χ2n) is 2.39. The molecule has 4 nitrogen and oxygen atoms in total. The summed E-state index contributed by atoms with van der Waals surface area (Å²) in [6.45, 7) is 2.10. The number of nitrogens with zero attached hydrogens (tertiary/aromatic N) is 2. The molecule has 0 aliphatic heterocycles. The molecule has 0 radical (unpaired) electrons. The molecule has 0 bridgehead atoms. The highest BCUT2D eigenvalue weighted by Crippen LogP contribution is 1.97. The van der Waals surface area contributed by atoms with Crippen molar-refractivity contribution >= 4 is 11.6 Å². The highest BCUT2D eigenvalue weighted by molar-refractivity contribution is 6.29. The molecule has 0 fully saturated rings. The zero-order valence-electron chi connectivity index (χ0n) is 6.87. The fraction of sp³-hybridized carbons (Fsp3) is 0.429. The molecule has 0 aromatic carbocycles. The molecule has 0 spiro atoms. The number of rotatable bonds is 1. The van der Waals surface area contributed by atoms with E-state index in [1.54, 1.807) is 6.92 Å². The van der Waals surface area contributed by atoms with E-state index < -0.39 is 0 Å². The van der Waals surface area contributed by atoms with Gasteiger partial charge in [-0.3, -0.25) is 13.9 Å². The first-order chi connectivity index (χ1) is 5.57. The van der Waals surface area contributed by atoms with Crippen LogP contribution in [0.2, 0.25) is 5.15 Å². The van der Waals surface area contributed by atoms with Gasteiger partial charge in [-0.25, -0.2) is 4.79 Å². The Hall–Kier alpha value is -1.03. The fourth-order valence-electron chi connectivity index (χ4n) is 0.934. The zero-order chi connectivity index (χ0) is 9.30. The van der Waals surface area contributed by atoms with Gasteiger partial charge in [0.1, 0.15) is 5.15 Å². The van der Waals surface area contributed by atoms with Gasteiger partial charge in [-0.15, -0.1) is 0 Å². The molecule has 0 amide bonds. The topological polar surface area (TPSA) is 44.0 Å². The van der Waals surface area contributed by atoms with Gasteiger partial charge in [0.25, 0.3) is 5.56 Å². The van der Waals surface area contributed by atoms with E-state index in [0.29, 0.717) is 6.54 Å². The lowest BCUT2D eigenvalue weighted by Crippen LogP contribution is -2.38. The van der Waals surface area contributed by atoms with E-state index in [4.69, 9.17) is 11.6 Å². The molecule has 0 aliphatic carbocycles. The predicted molar refractivity (Wildman–Crippen MR) is 46.6 cm³/mol. The zero-order valence-corrected chi connectivity index (χ0v) is 7.63. The summed E-state index contributed by atoms with van der Waals surface area (Å²) < 4.78 is 2.35. The molecule has 1 heterocycles. The molecule has 12 heavy (non-hydrogen) atoms. The van der Waals surface area contributed by atoms with Crippen molar-refractivity contribution in [3.8, 4) is 0 Å². The van der Waals surface area contributed by atoms with Gasteiger partial charge in [0, 0.05) is 19.7 Å². The quantitative estimate of drug-likeness (QED) is 0.592. The van der Waals surface area contributed by atoms with Crippen LogP contribution >= 0.6 is 11.6 Å². The lowest BCUT2D eigenvalue weighted by atomic mass is 10.6. The molecule has 5 heteroatoms. The molecule has 1 rings (SSSR count). The van der Waals surface area contributed by atoms with Gasteiger partial charge in [-0.05, 0) is 6.92 Å². The van der Waals surface area contributed by atoms with Gasteiger partial charge in [-0.2, -0.15) is 0 Å². The second-order valence-corrected chi connectivity index (χ2v) is 2.78. The summed E-state index contributed by atoms with van der Waals surface area (Å²) in [6.07, 6.45) is 0. The number of hydrogen-bond acceptors (Lipinski definition) is 2. The minimum Gasteiger partial charge on any atom is -0.287 e. The second kappa shape index (κ2) is 3.15. The first kappa shape index (κ1) is 9.06. The molecular weight excluding hydrogens is 180 g/mol. The van der Waals surface area contributed by atoms with Crippen LogP contribution in [0.15, 0.2) is 15.7 Å². The summed E-state index contributed by atoms with van der Waals surface area (Å²) in [5.41, 5.74) is -0.736. The van der Waals surface area contributed by atoms with Crippen molar-refractivity contribution in [2.45, 2.75) is 13.5 Å². The van der Waals surface area contributed by atoms with Gasteiger partial charge in [0.2, 0.25) is 0 Å². The smallest absolute Gasteiger partial charge is 0.287 e. The molecule has 66 valence electrons. The van der Waals surface area contributed by atoms with Crippen LogP contribution in [0.1, 0.15) is 6.92 Å². The monoisotopic (exact) mass is 188 g/mol. The van der Waals surface area contributed by atoms with E-state index in [1.165, 1.54) is 17.7 Å². The molecule has 1 aromatic heterocycles. The lowest BCUT2D eigenvalue weighted by Gasteiger charge is -2.04. The molecule has 0 saturated heterocycles. The third-order valence-electron chi connectivity index (χ3n) is 1.66. The summed E-state index contributed by atoms with van der Waals surface area (Å²) >= 11 is 5.60. The first-order valence-electron chi connectivity index (χ1n) is 3.54. The Bertz CT molecular complexity index is 405. The maximum Gasteiger partial charge on any atom is 0.331 e. The summed E-state index contributed by atoms with van der Waals surface area (Å²) in [4.78, 5) is 22.4. The highest BCUT2D eigenvalue weighted by Gasteiger charge is 2.03. The van der Waals surface area contributed by atoms with Crippen LogP contribution in [0.5, 0.6) is 0 Å². The summed E-state index contributed by atoms with van der Waals surface area (Å²) in [6, 6.07) is 1.23. The van der Waals surface area contributed by atoms with Crippen LogP contribution in [-0.2, 0) is 13.6 Å². The van der Waals surface area contributed by atoms with Gasteiger partial charge < -0.3 is 0 Å². The summed E-state index contributed by atoms with van der Waals surface area (Å²) in [5.74, 6) is 0. The Labute approximate surface area is 74.0 Å². The molecule has 1 aromatic rings. The summed E-state index contributed by atoms with van der Waals surface area (Å²) in [5, 5.41) is 0.162. The number of halogens is 1. The molecule has 0 aliphatic rings. The van der Waals surface area contributed by atoms with Crippen LogP contribution in [0.25, 0.3) is 0 Å². The van der Waals surface area contributed by atoms with Crippen molar-refractivity contribution in [2.75, 3.05) is 0 Å². The maximum atomic E-state index is 11.3. The Morgan fingerprint density at radius 3 is 2.58 bits per heavy atom. The van der Waals surface area contributed by atoms with Crippen LogP contribution in [0.3, 0.4) is 0 Å². The third kappa shape index (κ3) is 1.30. The number of hydrogen-bond donors (Lipinski definition) is 0. The average molecular weight is 189 g/mol. The van der Waals surface area contributed by atoms with Crippen molar-refractivity contribution in [2.24, 2.45) is 7.05 Å². The highest BCUT2D eigenvalue weighted by atomic mass is 35.5. The van der Waals surface area contributed by atoms with Crippen LogP contribution in [0, 0.1) is 0 Å². The minimum absolute atomic E-state index is 0.162. The van der Waals surface area contributed by atoms with Crippen LogP contribution < -0.4 is 11.2 Å². The van der Waals surface area contributed by atoms with Crippen molar-refractivity contribution in [1.82, 2.24) is 9.13 Å². The molecule has 0 unspecified atom stereocenters. The molecule has 0 saturated carbocycles. The first-order valence-corrected chi connectivity index (χ1v) is 3.92. The molecule has 0 atom stereocenters. The van der Waals surface area contributed by atoms with Crippen molar-refractivity contribution in [3.05, 3.63) is 32.1 Å². The van der Waals surface area contributed by atoms with Crippen LogP contribution in [-0.4, -0.2) is 9.13 Å². The molecular formula is C7H9ClN2O2. The van der Waals surface area contributed by atoms with E-state index in [9.17, 15) is 9.59 Å². The van der Waals surface area contributed by atoms with Crippen molar-refractivity contribution in [1.29, 1.82) is 0 Å². The van der Waals surface area contributed by atoms with E-state index >= 15 is 0 Å². The van der Waals surface area contributed by atoms with E-state index in [0.717, 1.165) is 4.57 Å². The van der Waals surface area contributed by atoms with Crippen LogP contribution in [0.4, 0.5) is 0 Å². The number of aromatic nitrogens is 2. The standard InChI is InChI=1S/C7H9ClN2O2/c1-3-10-6(11)4-5(8)9(2)7(10)12/h4H,3H2,1-2H3. The Kier molecular flexibility index (Phi) is 2.38. The fourth-order valence-corrected chi connectivity index (χ4v) is 1.10. The summed E-state index contributed by atoms with van der Waals surface area (Å²) in [7, 11) is 1.52. The maximum absolute atomic E-state index is 11.3. The van der Waals surface area contributed by atoms with Gasteiger partial charge in [-0.1, -0.05) is 11.6 Å². The van der Waals surface area contributed by atoms with E-state index in [-0.39, 0.29) is 16.4 Å². The Morgan fingerprint density at radius 2 is 2.08 bits per heavy atom. The lowest BCUT2D eigenvalue weighted by molar-refractivity contribution is 0.622. The Balaban J connectivity index is 3.64. The van der Waals surface area contributed by atoms with E-state index in [1.807, 2.05) is 0 Å². The SMILES string of the molecule is CCn1c(=O)cc(Cl)n(C)c1=O. The third-order valence-corrected chi connectivity index (χ3v) is 2.03. The van der Waals surface area contributed by atoms with Crippen molar-refractivity contribution in [3.63, 3.8) is 0 Å². The predicted octanol–water partition coefficient (Wildman–Crippen LogP) is 0.220. The van der Waals surface area contributed by atoms with Gasteiger partial charge >= 0.3 is 5.69 Å². The normalized spacial score (nSPS) is 10.2. The Morgan fingerprint density at radius 1 is 1.50 bits per heavy atom. The average Bonchev–Trinajstić information content (AvgIpc) is 2.01. The molecule has 0 N–H and O–H groups in total. The van der Waals surface area contributed by atoms with Crippen molar-refractivity contribution < 1.29 is 0 Å². The minimum atomic E-state index is -0.380. The van der Waals surface area contributed by atoms with E-state index in [2.05, 4.69) is 0 Å². The van der Waals surface area contributed by atoms with Gasteiger partial charge in [0.15, 0.2) is 0 Å². The van der Waals surface area contributed by atoms with Gasteiger partial charge in [0.05, 0.1) is 0 Å². The largest absolute Gasteiger partial charge is 0.331 e.